The summed E-state index contributed by atoms with van der Waals surface area (Å²) in [5.74, 6) is -0.112. The molecule has 0 atom stereocenters. The molecule has 0 aromatic heterocycles. The summed E-state index contributed by atoms with van der Waals surface area (Å²) in [6.45, 7) is 1.97. The summed E-state index contributed by atoms with van der Waals surface area (Å²) in [7, 11) is 0. The first-order chi connectivity index (χ1) is 5.72. The fraction of sp³-hybridized carbons (Fsp3) is 0.750. The third kappa shape index (κ3) is 2.51. The Labute approximate surface area is 71.9 Å². The van der Waals surface area contributed by atoms with Gasteiger partial charge in [-0.15, -0.1) is 0 Å². The Hall–Kier alpha value is -1.08. The predicted octanol–water partition coefficient (Wildman–Crippen LogP) is -0.293. The number of nitrogens with two attached hydrogens (primary N) is 1. The maximum atomic E-state index is 10.5. The van der Waals surface area contributed by atoms with Gasteiger partial charge in [0.1, 0.15) is 0 Å². The summed E-state index contributed by atoms with van der Waals surface area (Å²) in [5, 5.41) is 8.60. The Morgan fingerprint density at radius 3 is 2.58 bits per heavy atom. The summed E-state index contributed by atoms with van der Waals surface area (Å²) in [5.41, 5.74) is 5.04. The number of likely N-dealkylation sites (tertiary alicyclic amines) is 1. The van der Waals surface area contributed by atoms with Crippen molar-refractivity contribution in [3.05, 3.63) is 0 Å². The van der Waals surface area contributed by atoms with Gasteiger partial charge < -0.3 is 5.73 Å². The molecule has 0 aliphatic carbocycles. The number of hydrogen-bond acceptors (Lipinski definition) is 3. The van der Waals surface area contributed by atoms with Crippen LogP contribution in [0.3, 0.4) is 0 Å². The second kappa shape index (κ2) is 4.07. The zero-order chi connectivity index (χ0) is 8.97. The number of nitrogens with zero attached hydrogens (tertiary/aromatic N) is 2. The number of amides is 1. The maximum absolute atomic E-state index is 10.5. The number of piperidine rings is 1. The highest BCUT2D eigenvalue weighted by Crippen LogP contribution is 2.15. The molecule has 0 aromatic carbocycles. The van der Waals surface area contributed by atoms with Gasteiger partial charge in [0.15, 0.2) is 0 Å². The highest BCUT2D eigenvalue weighted by atomic mass is 16.1. The molecule has 4 heteroatoms. The van der Waals surface area contributed by atoms with Crippen LogP contribution in [0.5, 0.6) is 0 Å². The highest BCUT2D eigenvalue weighted by molar-refractivity contribution is 5.75. The molecule has 2 N–H and O–H groups in total. The second-order valence-corrected chi connectivity index (χ2v) is 3.15. The van der Waals surface area contributed by atoms with Gasteiger partial charge in [-0.1, -0.05) is 0 Å². The van der Waals surface area contributed by atoms with E-state index < -0.39 is 0 Å². The lowest BCUT2D eigenvalue weighted by atomic mass is 9.99. The van der Waals surface area contributed by atoms with Crippen LogP contribution in [0.25, 0.3) is 0 Å². The predicted molar refractivity (Wildman–Crippen MR) is 44.0 cm³/mol. The molecule has 0 unspecified atom stereocenters. The third-order valence-corrected chi connectivity index (χ3v) is 2.15. The normalized spacial score (nSPS) is 20.2. The highest BCUT2D eigenvalue weighted by Gasteiger charge is 2.19. The van der Waals surface area contributed by atoms with E-state index in [9.17, 15) is 4.79 Å². The second-order valence-electron chi connectivity index (χ2n) is 3.15. The molecule has 12 heavy (non-hydrogen) atoms. The molecule has 0 bridgehead atoms. The van der Waals surface area contributed by atoms with Crippen molar-refractivity contribution in [3.63, 3.8) is 0 Å². The zero-order valence-electron chi connectivity index (χ0n) is 6.99. The quantitative estimate of drug-likeness (QED) is 0.614. The Bertz CT molecular complexity index is 201. The average Bonchev–Trinajstić information content (AvgIpc) is 2.05. The van der Waals surface area contributed by atoms with Crippen molar-refractivity contribution in [2.24, 2.45) is 11.7 Å². The third-order valence-electron chi connectivity index (χ3n) is 2.15. The summed E-state index contributed by atoms with van der Waals surface area (Å²) in [6, 6.07) is 2.23. The Balaban J connectivity index is 2.27. The number of carbonyl (C=O) groups is 1. The minimum absolute atomic E-state index is 0.175. The van der Waals surface area contributed by atoms with E-state index in [0.717, 1.165) is 25.9 Å². The van der Waals surface area contributed by atoms with Crippen molar-refractivity contribution in [3.8, 4) is 6.07 Å². The van der Waals surface area contributed by atoms with Crippen molar-refractivity contribution < 1.29 is 4.79 Å². The van der Waals surface area contributed by atoms with Crippen LogP contribution in [0.4, 0.5) is 0 Å². The molecule has 4 nitrogen and oxygen atoms in total. The average molecular weight is 167 g/mol. The number of nitriles is 1. The van der Waals surface area contributed by atoms with Crippen molar-refractivity contribution in [2.45, 2.75) is 12.8 Å². The molecule has 0 saturated carbocycles. The van der Waals surface area contributed by atoms with Crippen LogP contribution in [0, 0.1) is 17.2 Å². The van der Waals surface area contributed by atoms with Gasteiger partial charge in [0.05, 0.1) is 12.6 Å². The molecular formula is C8H13N3O. The van der Waals surface area contributed by atoms with Crippen LogP contribution in [0.2, 0.25) is 0 Å². The molecule has 1 saturated heterocycles. The SMILES string of the molecule is N#CC1CCN(CC(N)=O)CC1. The smallest absolute Gasteiger partial charge is 0.231 e. The number of rotatable bonds is 2. The van der Waals surface area contributed by atoms with Gasteiger partial charge >= 0.3 is 0 Å². The van der Waals surface area contributed by atoms with E-state index in [0.29, 0.717) is 6.54 Å². The molecule has 1 aliphatic rings. The number of carbonyl (C=O) groups excluding carboxylic acids is 1. The molecule has 1 aliphatic heterocycles. The lowest BCUT2D eigenvalue weighted by molar-refractivity contribution is -0.119. The van der Waals surface area contributed by atoms with Crippen LogP contribution in [-0.4, -0.2) is 30.4 Å². The van der Waals surface area contributed by atoms with E-state index in [2.05, 4.69) is 6.07 Å². The van der Waals surface area contributed by atoms with Gasteiger partial charge in [-0.3, -0.25) is 9.69 Å². The molecule has 0 spiro atoms. The first-order valence-corrected chi connectivity index (χ1v) is 4.12. The Morgan fingerprint density at radius 2 is 2.17 bits per heavy atom. The number of primary amides is 1. The van der Waals surface area contributed by atoms with E-state index in [1.165, 1.54) is 0 Å². The van der Waals surface area contributed by atoms with Crippen molar-refractivity contribution in [2.75, 3.05) is 19.6 Å². The van der Waals surface area contributed by atoms with Gasteiger partial charge in [0, 0.05) is 5.92 Å². The number of hydrogen-bond donors (Lipinski definition) is 1. The summed E-state index contributed by atoms with van der Waals surface area (Å²) in [4.78, 5) is 12.5. The lowest BCUT2D eigenvalue weighted by Gasteiger charge is -2.27. The van der Waals surface area contributed by atoms with Crippen LogP contribution >= 0.6 is 0 Å². The minimum atomic E-state index is -0.287. The topological polar surface area (TPSA) is 70.1 Å². The van der Waals surface area contributed by atoms with Crippen molar-refractivity contribution in [1.82, 2.24) is 4.90 Å². The van der Waals surface area contributed by atoms with Gasteiger partial charge in [-0.25, -0.2) is 0 Å². The van der Waals surface area contributed by atoms with Crippen molar-refractivity contribution in [1.29, 1.82) is 5.26 Å². The van der Waals surface area contributed by atoms with Crippen LogP contribution in [-0.2, 0) is 4.79 Å². The van der Waals surface area contributed by atoms with E-state index in [1.807, 2.05) is 4.90 Å². The Kier molecular flexibility index (Phi) is 3.06. The molecule has 66 valence electrons. The van der Waals surface area contributed by atoms with E-state index in [4.69, 9.17) is 11.0 Å². The lowest BCUT2D eigenvalue weighted by Crippen LogP contribution is -2.39. The molecular weight excluding hydrogens is 154 g/mol. The van der Waals surface area contributed by atoms with Gasteiger partial charge in [-0.05, 0) is 25.9 Å². The maximum Gasteiger partial charge on any atom is 0.231 e. The standard InChI is InChI=1S/C8H13N3O/c9-5-7-1-3-11(4-2-7)6-8(10)12/h7H,1-4,6H2,(H2,10,12). The molecule has 0 radical (unpaired) electrons. The van der Waals surface area contributed by atoms with Crippen LogP contribution in [0.1, 0.15) is 12.8 Å². The molecule has 0 aromatic rings. The van der Waals surface area contributed by atoms with E-state index >= 15 is 0 Å². The van der Waals surface area contributed by atoms with Crippen LogP contribution < -0.4 is 5.73 Å². The molecule has 1 amide bonds. The first kappa shape index (κ1) is 9.01. The zero-order valence-corrected chi connectivity index (χ0v) is 6.99. The monoisotopic (exact) mass is 167 g/mol. The Morgan fingerprint density at radius 1 is 1.58 bits per heavy atom. The van der Waals surface area contributed by atoms with E-state index in [1.54, 1.807) is 0 Å². The fourth-order valence-corrected chi connectivity index (χ4v) is 1.44. The van der Waals surface area contributed by atoms with Crippen molar-refractivity contribution >= 4 is 5.91 Å². The molecule has 1 heterocycles. The first-order valence-electron chi connectivity index (χ1n) is 4.12. The van der Waals surface area contributed by atoms with Gasteiger partial charge in [0.2, 0.25) is 5.91 Å². The minimum Gasteiger partial charge on any atom is -0.369 e. The van der Waals surface area contributed by atoms with Crippen LogP contribution in [0.15, 0.2) is 0 Å². The fourth-order valence-electron chi connectivity index (χ4n) is 1.44. The molecule has 1 fully saturated rings. The van der Waals surface area contributed by atoms with E-state index in [-0.39, 0.29) is 11.8 Å². The molecule has 1 rings (SSSR count). The summed E-state index contributed by atoms with van der Waals surface area (Å²) < 4.78 is 0. The van der Waals surface area contributed by atoms with Gasteiger partial charge in [-0.2, -0.15) is 5.26 Å². The summed E-state index contributed by atoms with van der Waals surface area (Å²) >= 11 is 0. The largest absolute Gasteiger partial charge is 0.369 e. The van der Waals surface area contributed by atoms with Gasteiger partial charge in [0.25, 0.3) is 0 Å². The summed E-state index contributed by atoms with van der Waals surface area (Å²) in [6.07, 6.45) is 1.73.